The molecule has 14 heavy (non-hydrogen) atoms. The van der Waals surface area contributed by atoms with Crippen molar-refractivity contribution in [3.05, 3.63) is 17.0 Å². The highest BCUT2D eigenvalue weighted by molar-refractivity contribution is 9.10. The SMILES string of the molecule is Cc1nn(C)c(C)c1C(O)C(F)(F)Br. The number of aliphatic hydroxyl groups is 1. The van der Waals surface area contributed by atoms with Crippen LogP contribution in [0.4, 0.5) is 8.78 Å². The van der Waals surface area contributed by atoms with Gasteiger partial charge in [-0.05, 0) is 29.8 Å². The van der Waals surface area contributed by atoms with Gasteiger partial charge in [-0.1, -0.05) is 0 Å². The lowest BCUT2D eigenvalue weighted by Gasteiger charge is -2.16. The van der Waals surface area contributed by atoms with Crippen LogP contribution in [0.2, 0.25) is 0 Å². The molecule has 0 fully saturated rings. The first-order chi connectivity index (χ1) is 6.25. The Hall–Kier alpha value is -0.490. The molecule has 0 aliphatic rings. The van der Waals surface area contributed by atoms with Gasteiger partial charge >= 0.3 is 4.83 Å². The summed E-state index contributed by atoms with van der Waals surface area (Å²) in [4.78, 5) is -3.33. The molecule has 1 aromatic heterocycles. The molecular weight excluding hydrogens is 258 g/mol. The fourth-order valence-corrected chi connectivity index (χ4v) is 1.58. The summed E-state index contributed by atoms with van der Waals surface area (Å²) < 4.78 is 27.1. The summed E-state index contributed by atoms with van der Waals surface area (Å²) in [5.74, 6) is 0. The maximum absolute atomic E-state index is 12.8. The first-order valence-corrected chi connectivity index (χ1v) is 4.79. The number of aliphatic hydroxyl groups excluding tert-OH is 1. The molecule has 3 nitrogen and oxygen atoms in total. The first-order valence-electron chi connectivity index (χ1n) is 4.00. The topological polar surface area (TPSA) is 38.0 Å². The van der Waals surface area contributed by atoms with Crippen molar-refractivity contribution in [1.82, 2.24) is 9.78 Å². The summed E-state index contributed by atoms with van der Waals surface area (Å²) in [5, 5.41) is 13.3. The van der Waals surface area contributed by atoms with Crippen LogP contribution in [-0.2, 0) is 7.05 Å². The predicted octanol–water partition coefficient (Wildman–Crippen LogP) is 2.06. The molecule has 0 saturated heterocycles. The van der Waals surface area contributed by atoms with E-state index in [0.717, 1.165) is 0 Å². The standard InChI is InChI=1S/C8H11BrF2N2O/c1-4-6(5(2)13(3)12-4)7(14)8(9,10)11/h7,14H,1-3H3. The molecule has 0 bridgehead atoms. The Morgan fingerprint density at radius 2 is 2.00 bits per heavy atom. The van der Waals surface area contributed by atoms with Crippen molar-refractivity contribution in [3.8, 4) is 0 Å². The summed E-state index contributed by atoms with van der Waals surface area (Å²) in [6, 6.07) is 0. The molecule has 80 valence electrons. The van der Waals surface area contributed by atoms with E-state index in [1.807, 2.05) is 0 Å². The molecule has 0 aliphatic carbocycles. The lowest BCUT2D eigenvalue weighted by atomic mass is 10.1. The van der Waals surface area contributed by atoms with Gasteiger partial charge in [0.25, 0.3) is 0 Å². The van der Waals surface area contributed by atoms with Crippen LogP contribution in [0.15, 0.2) is 0 Å². The van der Waals surface area contributed by atoms with Crippen molar-refractivity contribution in [1.29, 1.82) is 0 Å². The van der Waals surface area contributed by atoms with Gasteiger partial charge in [-0.3, -0.25) is 4.68 Å². The monoisotopic (exact) mass is 268 g/mol. The van der Waals surface area contributed by atoms with Crippen molar-refractivity contribution < 1.29 is 13.9 Å². The predicted molar refractivity (Wildman–Crippen MR) is 51.5 cm³/mol. The fraction of sp³-hybridized carbons (Fsp3) is 0.625. The van der Waals surface area contributed by atoms with Crippen LogP contribution >= 0.6 is 15.9 Å². The zero-order chi connectivity index (χ0) is 11.1. The molecule has 1 heterocycles. The van der Waals surface area contributed by atoms with E-state index in [1.54, 1.807) is 20.9 Å². The average Bonchev–Trinajstić information content (AvgIpc) is 2.24. The summed E-state index contributed by atoms with van der Waals surface area (Å²) in [7, 11) is 1.64. The second kappa shape index (κ2) is 3.58. The lowest BCUT2D eigenvalue weighted by molar-refractivity contribution is -0.0301. The van der Waals surface area contributed by atoms with Crippen LogP contribution < -0.4 is 0 Å². The molecule has 1 rings (SSSR count). The third kappa shape index (κ3) is 1.95. The number of nitrogens with zero attached hydrogens (tertiary/aromatic N) is 2. The normalized spacial score (nSPS) is 14.5. The van der Waals surface area contributed by atoms with Crippen molar-refractivity contribution in [2.24, 2.45) is 7.05 Å². The molecule has 1 atom stereocenters. The van der Waals surface area contributed by atoms with E-state index in [2.05, 4.69) is 21.0 Å². The van der Waals surface area contributed by atoms with Gasteiger partial charge in [0, 0.05) is 18.3 Å². The minimum absolute atomic E-state index is 0.175. The molecule has 0 radical (unpaired) electrons. The number of halogens is 3. The van der Waals surface area contributed by atoms with Crippen LogP contribution in [0, 0.1) is 13.8 Å². The van der Waals surface area contributed by atoms with Crippen LogP contribution in [0.3, 0.4) is 0 Å². The van der Waals surface area contributed by atoms with Gasteiger partial charge < -0.3 is 5.11 Å². The van der Waals surface area contributed by atoms with E-state index >= 15 is 0 Å². The highest BCUT2D eigenvalue weighted by Gasteiger charge is 2.39. The second-order valence-electron chi connectivity index (χ2n) is 3.15. The molecule has 0 aliphatic heterocycles. The van der Waals surface area contributed by atoms with Gasteiger partial charge in [-0.25, -0.2) is 0 Å². The number of hydrogen-bond acceptors (Lipinski definition) is 2. The molecule has 6 heteroatoms. The highest BCUT2D eigenvalue weighted by atomic mass is 79.9. The number of aryl methyl sites for hydroxylation is 2. The van der Waals surface area contributed by atoms with Crippen LogP contribution in [0.1, 0.15) is 23.1 Å². The van der Waals surface area contributed by atoms with E-state index in [0.29, 0.717) is 11.4 Å². The molecule has 1 aromatic rings. The maximum atomic E-state index is 12.8. The quantitative estimate of drug-likeness (QED) is 0.834. The van der Waals surface area contributed by atoms with E-state index in [4.69, 9.17) is 0 Å². The van der Waals surface area contributed by atoms with Gasteiger partial charge in [0.2, 0.25) is 0 Å². The van der Waals surface area contributed by atoms with Crippen molar-refractivity contribution in [2.45, 2.75) is 24.8 Å². The third-order valence-corrected chi connectivity index (χ3v) is 2.58. The minimum Gasteiger partial charge on any atom is -0.381 e. The van der Waals surface area contributed by atoms with E-state index < -0.39 is 10.9 Å². The fourth-order valence-electron chi connectivity index (χ4n) is 1.35. The van der Waals surface area contributed by atoms with Crippen LogP contribution in [0.5, 0.6) is 0 Å². The van der Waals surface area contributed by atoms with Crippen molar-refractivity contribution in [2.75, 3.05) is 0 Å². The molecule has 1 unspecified atom stereocenters. The summed E-state index contributed by atoms with van der Waals surface area (Å²) in [5.41, 5.74) is 1.13. The number of aromatic nitrogens is 2. The van der Waals surface area contributed by atoms with Crippen molar-refractivity contribution in [3.63, 3.8) is 0 Å². The summed E-state index contributed by atoms with van der Waals surface area (Å²) >= 11 is 2.14. The van der Waals surface area contributed by atoms with Gasteiger partial charge in [0.1, 0.15) is 0 Å². The zero-order valence-corrected chi connectivity index (χ0v) is 9.64. The van der Waals surface area contributed by atoms with Gasteiger partial charge in [0.05, 0.1) is 5.69 Å². The summed E-state index contributed by atoms with van der Waals surface area (Å²) in [6.45, 7) is 3.22. The van der Waals surface area contributed by atoms with Gasteiger partial charge in [0.15, 0.2) is 6.10 Å². The summed E-state index contributed by atoms with van der Waals surface area (Å²) in [6.07, 6.45) is -1.86. The van der Waals surface area contributed by atoms with Crippen LogP contribution in [-0.4, -0.2) is 19.7 Å². The number of rotatable bonds is 2. The molecule has 1 N–H and O–H groups in total. The van der Waals surface area contributed by atoms with Crippen molar-refractivity contribution >= 4 is 15.9 Å². The number of alkyl halides is 3. The third-order valence-electron chi connectivity index (χ3n) is 2.15. The second-order valence-corrected chi connectivity index (χ2v) is 4.21. The van der Waals surface area contributed by atoms with E-state index in [1.165, 1.54) is 4.68 Å². The largest absolute Gasteiger partial charge is 0.381 e. The highest BCUT2D eigenvalue weighted by Crippen LogP contribution is 2.38. The number of hydrogen-bond donors (Lipinski definition) is 1. The Labute approximate surface area is 88.9 Å². The van der Waals surface area contributed by atoms with Gasteiger partial charge in [-0.15, -0.1) is 0 Å². The Bertz CT molecular complexity index is 346. The minimum atomic E-state index is -3.33. The average molecular weight is 269 g/mol. The van der Waals surface area contributed by atoms with Crippen LogP contribution in [0.25, 0.3) is 0 Å². The molecule has 0 saturated carbocycles. The Balaban J connectivity index is 3.19. The Kier molecular flexibility index (Phi) is 2.96. The molecular formula is C8H11BrF2N2O. The lowest BCUT2D eigenvalue weighted by Crippen LogP contribution is -2.19. The zero-order valence-electron chi connectivity index (χ0n) is 8.05. The molecule has 0 amide bonds. The van der Waals surface area contributed by atoms with E-state index in [-0.39, 0.29) is 5.56 Å². The molecule has 0 aromatic carbocycles. The van der Waals surface area contributed by atoms with E-state index in [9.17, 15) is 13.9 Å². The maximum Gasteiger partial charge on any atom is 0.330 e. The molecule has 0 spiro atoms. The Morgan fingerprint density at radius 3 is 2.29 bits per heavy atom. The van der Waals surface area contributed by atoms with Gasteiger partial charge in [-0.2, -0.15) is 13.9 Å². The Morgan fingerprint density at radius 1 is 1.50 bits per heavy atom. The first kappa shape index (κ1) is 11.6. The smallest absolute Gasteiger partial charge is 0.330 e.